The summed E-state index contributed by atoms with van der Waals surface area (Å²) in [6, 6.07) is 10.1. The van der Waals surface area contributed by atoms with E-state index in [0.29, 0.717) is 13.2 Å². The Morgan fingerprint density at radius 2 is 2.22 bits per heavy atom. The predicted octanol–water partition coefficient (Wildman–Crippen LogP) is 1.02. The third-order valence-corrected chi connectivity index (χ3v) is 3.08. The molecule has 1 aromatic rings. The molecule has 0 saturated carbocycles. The predicted molar refractivity (Wildman–Crippen MR) is 70.1 cm³/mol. The van der Waals surface area contributed by atoms with Crippen LogP contribution >= 0.6 is 0 Å². The van der Waals surface area contributed by atoms with Crippen LogP contribution in [-0.2, 0) is 16.1 Å². The zero-order valence-corrected chi connectivity index (χ0v) is 10.8. The Morgan fingerprint density at radius 3 is 2.94 bits per heavy atom. The van der Waals surface area contributed by atoms with Crippen molar-refractivity contribution in [1.82, 2.24) is 10.2 Å². The van der Waals surface area contributed by atoms with Crippen LogP contribution in [0.5, 0.6) is 0 Å². The van der Waals surface area contributed by atoms with Crippen molar-refractivity contribution < 1.29 is 9.53 Å². The van der Waals surface area contributed by atoms with Gasteiger partial charge < -0.3 is 10.1 Å². The van der Waals surface area contributed by atoms with Crippen molar-refractivity contribution >= 4 is 5.97 Å². The summed E-state index contributed by atoms with van der Waals surface area (Å²) in [7, 11) is 0. The number of hydrogen-bond donors (Lipinski definition) is 1. The second kappa shape index (κ2) is 6.52. The Bertz CT molecular complexity index is 381. The number of rotatable bonds is 4. The molecule has 0 radical (unpaired) electrons. The number of nitrogens with one attached hydrogen (secondary N) is 1. The van der Waals surface area contributed by atoms with Crippen LogP contribution in [0.2, 0.25) is 0 Å². The summed E-state index contributed by atoms with van der Waals surface area (Å²) < 4.78 is 5.05. The smallest absolute Gasteiger partial charge is 0.324 e. The van der Waals surface area contributed by atoms with Gasteiger partial charge in [0.2, 0.25) is 0 Å². The van der Waals surface area contributed by atoms with E-state index in [1.165, 1.54) is 5.56 Å². The van der Waals surface area contributed by atoms with Gasteiger partial charge in [0, 0.05) is 26.2 Å². The molecule has 18 heavy (non-hydrogen) atoms. The lowest BCUT2D eigenvalue weighted by atomic mass is 10.1. The van der Waals surface area contributed by atoms with E-state index >= 15 is 0 Å². The molecule has 0 amide bonds. The van der Waals surface area contributed by atoms with Gasteiger partial charge in [0.15, 0.2) is 0 Å². The summed E-state index contributed by atoms with van der Waals surface area (Å²) in [4.78, 5) is 14.0. The van der Waals surface area contributed by atoms with Crippen molar-refractivity contribution in [3.8, 4) is 0 Å². The quantitative estimate of drug-likeness (QED) is 0.808. The largest absolute Gasteiger partial charge is 0.465 e. The van der Waals surface area contributed by atoms with Gasteiger partial charge in [-0.25, -0.2) is 0 Å². The summed E-state index contributed by atoms with van der Waals surface area (Å²) >= 11 is 0. The molecular weight excluding hydrogens is 228 g/mol. The Balaban J connectivity index is 1.89. The number of esters is 1. The molecule has 2 rings (SSSR count). The molecule has 1 N–H and O–H groups in total. The first-order valence-electron chi connectivity index (χ1n) is 6.46. The average Bonchev–Trinajstić information content (AvgIpc) is 2.40. The Morgan fingerprint density at radius 1 is 1.44 bits per heavy atom. The molecule has 0 aromatic heterocycles. The molecule has 0 unspecified atom stereocenters. The molecule has 4 nitrogen and oxygen atoms in total. The molecule has 1 aromatic carbocycles. The first-order chi connectivity index (χ1) is 8.79. The number of piperazine rings is 1. The zero-order valence-electron chi connectivity index (χ0n) is 10.8. The highest BCUT2D eigenvalue weighted by Gasteiger charge is 2.26. The van der Waals surface area contributed by atoms with E-state index in [0.717, 1.165) is 19.6 Å². The second-order valence-corrected chi connectivity index (χ2v) is 4.48. The van der Waals surface area contributed by atoms with Crippen LogP contribution in [0.3, 0.4) is 0 Å². The fourth-order valence-electron chi connectivity index (χ4n) is 2.20. The van der Waals surface area contributed by atoms with Crippen LogP contribution in [0.25, 0.3) is 0 Å². The molecule has 1 saturated heterocycles. The van der Waals surface area contributed by atoms with Gasteiger partial charge in [0.1, 0.15) is 6.04 Å². The van der Waals surface area contributed by atoms with Crippen LogP contribution in [0.4, 0.5) is 0 Å². The van der Waals surface area contributed by atoms with Crippen molar-refractivity contribution in [3.05, 3.63) is 35.9 Å². The van der Waals surface area contributed by atoms with Gasteiger partial charge in [-0.05, 0) is 12.5 Å². The topological polar surface area (TPSA) is 41.6 Å². The van der Waals surface area contributed by atoms with Crippen LogP contribution in [0.15, 0.2) is 30.3 Å². The standard InChI is InChI=1S/C14H20N2O2/c1-2-18-14(17)13-11-16(9-8-15-13)10-12-6-4-3-5-7-12/h3-7,13,15H,2,8-11H2,1H3/t13-/m1/s1. The maximum atomic E-state index is 11.7. The summed E-state index contributed by atoms with van der Waals surface area (Å²) in [6.07, 6.45) is 0. The molecule has 4 heteroatoms. The number of nitrogens with zero attached hydrogens (tertiary/aromatic N) is 1. The van der Waals surface area contributed by atoms with Crippen LogP contribution < -0.4 is 5.32 Å². The maximum Gasteiger partial charge on any atom is 0.324 e. The van der Waals surface area contributed by atoms with Crippen LogP contribution in [0.1, 0.15) is 12.5 Å². The van der Waals surface area contributed by atoms with Gasteiger partial charge >= 0.3 is 5.97 Å². The Kier molecular flexibility index (Phi) is 4.73. The normalized spacial score (nSPS) is 20.6. The molecule has 0 aliphatic carbocycles. The van der Waals surface area contributed by atoms with Crippen molar-refractivity contribution in [2.24, 2.45) is 0 Å². The van der Waals surface area contributed by atoms with Crippen molar-refractivity contribution in [2.75, 3.05) is 26.2 Å². The molecule has 98 valence electrons. The van der Waals surface area contributed by atoms with E-state index in [4.69, 9.17) is 4.74 Å². The van der Waals surface area contributed by atoms with E-state index in [-0.39, 0.29) is 12.0 Å². The van der Waals surface area contributed by atoms with E-state index in [2.05, 4.69) is 22.3 Å². The van der Waals surface area contributed by atoms with Crippen molar-refractivity contribution in [1.29, 1.82) is 0 Å². The summed E-state index contributed by atoms with van der Waals surface area (Å²) in [5.74, 6) is -0.143. The number of benzene rings is 1. The van der Waals surface area contributed by atoms with Crippen LogP contribution in [0, 0.1) is 0 Å². The minimum absolute atomic E-state index is 0.143. The molecule has 0 spiro atoms. The highest BCUT2D eigenvalue weighted by Crippen LogP contribution is 2.08. The van der Waals surface area contributed by atoms with Gasteiger partial charge in [-0.3, -0.25) is 9.69 Å². The molecular formula is C14H20N2O2. The van der Waals surface area contributed by atoms with E-state index < -0.39 is 0 Å². The van der Waals surface area contributed by atoms with Gasteiger partial charge in [0.05, 0.1) is 6.61 Å². The van der Waals surface area contributed by atoms with Crippen molar-refractivity contribution in [2.45, 2.75) is 19.5 Å². The summed E-state index contributed by atoms with van der Waals surface area (Å²) in [5.41, 5.74) is 1.28. The second-order valence-electron chi connectivity index (χ2n) is 4.48. The number of hydrogen-bond acceptors (Lipinski definition) is 4. The van der Waals surface area contributed by atoms with E-state index in [9.17, 15) is 4.79 Å². The molecule has 1 heterocycles. The third kappa shape index (κ3) is 3.55. The van der Waals surface area contributed by atoms with Gasteiger partial charge in [-0.15, -0.1) is 0 Å². The van der Waals surface area contributed by atoms with Gasteiger partial charge in [-0.2, -0.15) is 0 Å². The van der Waals surface area contributed by atoms with Crippen LogP contribution in [-0.4, -0.2) is 43.2 Å². The lowest BCUT2D eigenvalue weighted by Gasteiger charge is -2.32. The lowest BCUT2D eigenvalue weighted by Crippen LogP contribution is -2.54. The lowest BCUT2D eigenvalue weighted by molar-refractivity contribution is -0.146. The third-order valence-electron chi connectivity index (χ3n) is 3.08. The maximum absolute atomic E-state index is 11.7. The SMILES string of the molecule is CCOC(=O)[C@H]1CN(Cc2ccccc2)CCN1. The molecule has 1 aliphatic heterocycles. The van der Waals surface area contributed by atoms with Crippen molar-refractivity contribution in [3.63, 3.8) is 0 Å². The highest BCUT2D eigenvalue weighted by atomic mass is 16.5. The molecule has 1 fully saturated rings. The molecule has 1 atom stereocenters. The Labute approximate surface area is 108 Å². The fraction of sp³-hybridized carbons (Fsp3) is 0.500. The van der Waals surface area contributed by atoms with Gasteiger partial charge in [0.25, 0.3) is 0 Å². The fourth-order valence-corrected chi connectivity index (χ4v) is 2.20. The number of carbonyl (C=O) groups excluding carboxylic acids is 1. The monoisotopic (exact) mass is 248 g/mol. The summed E-state index contributed by atoms with van der Waals surface area (Å²) in [6.45, 7) is 5.67. The highest BCUT2D eigenvalue weighted by molar-refractivity contribution is 5.76. The first kappa shape index (κ1) is 13.1. The summed E-state index contributed by atoms with van der Waals surface area (Å²) in [5, 5.41) is 3.20. The van der Waals surface area contributed by atoms with E-state index in [1.54, 1.807) is 0 Å². The number of carbonyl (C=O) groups is 1. The Hall–Kier alpha value is -1.39. The minimum atomic E-state index is -0.192. The molecule has 1 aliphatic rings. The average molecular weight is 248 g/mol. The molecule has 0 bridgehead atoms. The van der Waals surface area contributed by atoms with Gasteiger partial charge in [-0.1, -0.05) is 30.3 Å². The number of ether oxygens (including phenoxy) is 1. The van der Waals surface area contributed by atoms with E-state index in [1.807, 2.05) is 25.1 Å². The first-order valence-corrected chi connectivity index (χ1v) is 6.46. The minimum Gasteiger partial charge on any atom is -0.465 e. The zero-order chi connectivity index (χ0) is 12.8.